The van der Waals surface area contributed by atoms with Crippen LogP contribution in [0.25, 0.3) is 0 Å². The Bertz CT molecular complexity index is 249. The van der Waals surface area contributed by atoms with E-state index >= 15 is 0 Å². The van der Waals surface area contributed by atoms with Crippen molar-refractivity contribution in [2.45, 2.75) is 57.6 Å². The third-order valence-corrected chi connectivity index (χ3v) is 4.06. The van der Waals surface area contributed by atoms with Gasteiger partial charge in [-0.1, -0.05) is 25.0 Å². The Hall–Kier alpha value is -0.340. The molecule has 0 amide bonds. The first-order chi connectivity index (χ1) is 7.83. The lowest BCUT2D eigenvalue weighted by atomic mass is 9.90. The molecule has 1 saturated heterocycles. The second kappa shape index (κ2) is 5.83. The van der Waals surface area contributed by atoms with Crippen LogP contribution in [-0.2, 0) is 4.74 Å². The molecule has 2 heteroatoms. The number of hydrogen-bond acceptors (Lipinski definition) is 2. The monoisotopic (exact) mass is 223 g/mol. The van der Waals surface area contributed by atoms with Crippen molar-refractivity contribution in [3.05, 3.63) is 11.6 Å². The molecule has 0 saturated carbocycles. The number of allylic oxidation sites excluding steroid dienone is 1. The fourth-order valence-corrected chi connectivity index (χ4v) is 3.03. The Morgan fingerprint density at radius 2 is 2.25 bits per heavy atom. The molecule has 0 aromatic rings. The van der Waals surface area contributed by atoms with E-state index in [0.29, 0.717) is 18.1 Å². The highest BCUT2D eigenvalue weighted by Crippen LogP contribution is 2.29. The van der Waals surface area contributed by atoms with E-state index in [0.717, 1.165) is 6.61 Å². The first-order valence-electron chi connectivity index (χ1n) is 6.80. The molecule has 1 aliphatic carbocycles. The highest BCUT2D eigenvalue weighted by molar-refractivity contribution is 5.15. The maximum Gasteiger partial charge on any atom is 0.0792 e. The van der Waals surface area contributed by atoms with Crippen LogP contribution in [0.5, 0.6) is 0 Å². The topological polar surface area (TPSA) is 21.3 Å². The molecule has 1 fully saturated rings. The molecule has 1 N–H and O–H groups in total. The summed E-state index contributed by atoms with van der Waals surface area (Å²) in [5.74, 6) is 0.696. The average molecular weight is 223 g/mol. The molecule has 2 aliphatic rings. The van der Waals surface area contributed by atoms with Crippen molar-refractivity contribution >= 4 is 0 Å². The summed E-state index contributed by atoms with van der Waals surface area (Å²) in [6.07, 6.45) is 10.7. The van der Waals surface area contributed by atoms with Crippen LogP contribution in [0.3, 0.4) is 0 Å². The fourth-order valence-electron chi connectivity index (χ4n) is 3.03. The zero-order chi connectivity index (χ0) is 11.4. The van der Waals surface area contributed by atoms with Crippen molar-refractivity contribution in [3.63, 3.8) is 0 Å². The number of rotatable bonds is 3. The van der Waals surface area contributed by atoms with Gasteiger partial charge in [-0.25, -0.2) is 0 Å². The molecule has 1 aliphatic heterocycles. The second-order valence-electron chi connectivity index (χ2n) is 5.25. The molecule has 0 aromatic carbocycles. The van der Waals surface area contributed by atoms with Crippen LogP contribution in [0, 0.1) is 5.92 Å². The molecule has 3 atom stereocenters. The summed E-state index contributed by atoms with van der Waals surface area (Å²) in [6, 6.07) is 0.454. The van der Waals surface area contributed by atoms with E-state index in [1.807, 2.05) is 0 Å². The summed E-state index contributed by atoms with van der Waals surface area (Å²) in [4.78, 5) is 0. The molecule has 0 aromatic heterocycles. The Morgan fingerprint density at radius 1 is 1.38 bits per heavy atom. The van der Waals surface area contributed by atoms with Crippen molar-refractivity contribution in [1.82, 2.24) is 5.32 Å². The van der Waals surface area contributed by atoms with Crippen LogP contribution in [-0.4, -0.2) is 25.8 Å². The zero-order valence-corrected chi connectivity index (χ0v) is 10.7. The quantitative estimate of drug-likeness (QED) is 0.743. The van der Waals surface area contributed by atoms with Gasteiger partial charge in [0.2, 0.25) is 0 Å². The Kier molecular flexibility index (Phi) is 4.42. The van der Waals surface area contributed by atoms with Crippen LogP contribution >= 0.6 is 0 Å². The van der Waals surface area contributed by atoms with Gasteiger partial charge in [-0.15, -0.1) is 0 Å². The first kappa shape index (κ1) is 12.1. The molecule has 3 unspecified atom stereocenters. The number of likely N-dealkylation sites (N-methyl/N-ethyl adjacent to an activating group) is 1. The van der Waals surface area contributed by atoms with Gasteiger partial charge in [-0.3, -0.25) is 0 Å². The molecule has 2 nitrogen and oxygen atoms in total. The standard InChI is InChI=1S/C14H25NO/c1-11-9-10-16-14(11)13(15-2)12-7-5-3-4-6-8-12/h7,11,13-15H,3-6,8-10H2,1-2H3. The van der Waals surface area contributed by atoms with Gasteiger partial charge in [0.1, 0.15) is 0 Å². The van der Waals surface area contributed by atoms with Crippen molar-refractivity contribution < 1.29 is 4.74 Å². The van der Waals surface area contributed by atoms with Gasteiger partial charge in [-0.2, -0.15) is 0 Å². The molecule has 2 rings (SSSR count). The number of nitrogens with one attached hydrogen (secondary N) is 1. The highest BCUT2D eigenvalue weighted by Gasteiger charge is 2.33. The minimum Gasteiger partial charge on any atom is -0.376 e. The van der Waals surface area contributed by atoms with Crippen molar-refractivity contribution in [2.75, 3.05) is 13.7 Å². The minimum absolute atomic E-state index is 0.398. The average Bonchev–Trinajstić information content (AvgIpc) is 2.57. The lowest BCUT2D eigenvalue weighted by Gasteiger charge is -2.28. The summed E-state index contributed by atoms with van der Waals surface area (Å²) in [7, 11) is 2.07. The highest BCUT2D eigenvalue weighted by atomic mass is 16.5. The summed E-state index contributed by atoms with van der Waals surface area (Å²) in [5, 5.41) is 3.48. The van der Waals surface area contributed by atoms with Crippen molar-refractivity contribution in [3.8, 4) is 0 Å². The van der Waals surface area contributed by atoms with Gasteiger partial charge in [0, 0.05) is 6.61 Å². The predicted molar refractivity (Wildman–Crippen MR) is 67.5 cm³/mol. The smallest absolute Gasteiger partial charge is 0.0792 e. The van der Waals surface area contributed by atoms with Crippen LogP contribution < -0.4 is 5.32 Å². The van der Waals surface area contributed by atoms with E-state index in [1.54, 1.807) is 5.57 Å². The van der Waals surface area contributed by atoms with Crippen LogP contribution in [0.15, 0.2) is 11.6 Å². The summed E-state index contributed by atoms with van der Waals surface area (Å²) in [5.41, 5.74) is 1.60. The van der Waals surface area contributed by atoms with Crippen LogP contribution in [0.2, 0.25) is 0 Å². The number of hydrogen-bond donors (Lipinski definition) is 1. The molecule has 1 heterocycles. The molecular weight excluding hydrogens is 198 g/mol. The van der Waals surface area contributed by atoms with E-state index in [2.05, 4.69) is 25.4 Å². The van der Waals surface area contributed by atoms with E-state index in [1.165, 1.54) is 38.5 Å². The molecule has 0 radical (unpaired) electrons. The van der Waals surface area contributed by atoms with Crippen molar-refractivity contribution in [2.24, 2.45) is 5.92 Å². The lowest BCUT2D eigenvalue weighted by molar-refractivity contribution is 0.0724. The minimum atomic E-state index is 0.398. The third-order valence-electron chi connectivity index (χ3n) is 4.06. The van der Waals surface area contributed by atoms with E-state index < -0.39 is 0 Å². The van der Waals surface area contributed by atoms with Gasteiger partial charge in [0.25, 0.3) is 0 Å². The van der Waals surface area contributed by atoms with Crippen molar-refractivity contribution in [1.29, 1.82) is 0 Å². The van der Waals surface area contributed by atoms with Gasteiger partial charge >= 0.3 is 0 Å². The maximum absolute atomic E-state index is 5.91. The molecule has 16 heavy (non-hydrogen) atoms. The predicted octanol–water partition coefficient (Wildman–Crippen LogP) is 2.89. The van der Waals surface area contributed by atoms with Crippen LogP contribution in [0.4, 0.5) is 0 Å². The molecule has 92 valence electrons. The SMILES string of the molecule is CNC(C1=CCCCCC1)C1OCCC1C. The Morgan fingerprint density at radius 3 is 2.94 bits per heavy atom. The maximum atomic E-state index is 5.91. The summed E-state index contributed by atoms with van der Waals surface area (Å²) < 4.78 is 5.91. The normalized spacial score (nSPS) is 33.2. The van der Waals surface area contributed by atoms with Crippen LogP contribution in [0.1, 0.15) is 45.4 Å². The summed E-state index contributed by atoms with van der Waals surface area (Å²) in [6.45, 7) is 3.26. The number of ether oxygens (including phenoxy) is 1. The van der Waals surface area contributed by atoms with E-state index in [-0.39, 0.29) is 0 Å². The molecule has 0 bridgehead atoms. The molecule has 0 spiro atoms. The third kappa shape index (κ3) is 2.67. The zero-order valence-electron chi connectivity index (χ0n) is 10.7. The van der Waals surface area contributed by atoms with E-state index in [9.17, 15) is 0 Å². The van der Waals surface area contributed by atoms with E-state index in [4.69, 9.17) is 4.74 Å². The van der Waals surface area contributed by atoms with Gasteiger partial charge in [0.15, 0.2) is 0 Å². The Labute approximate surface area is 99.4 Å². The second-order valence-corrected chi connectivity index (χ2v) is 5.25. The largest absolute Gasteiger partial charge is 0.376 e. The fraction of sp³-hybridized carbons (Fsp3) is 0.857. The first-order valence-corrected chi connectivity index (χ1v) is 6.80. The van der Waals surface area contributed by atoms with Gasteiger partial charge in [0.05, 0.1) is 12.1 Å². The lowest BCUT2D eigenvalue weighted by Crippen LogP contribution is -2.41. The molecular formula is C14H25NO. The summed E-state index contributed by atoms with van der Waals surface area (Å²) >= 11 is 0. The van der Waals surface area contributed by atoms with Gasteiger partial charge < -0.3 is 10.1 Å². The Balaban J connectivity index is 2.05. The van der Waals surface area contributed by atoms with Gasteiger partial charge in [-0.05, 0) is 45.1 Å².